The average molecular weight is 358 g/mol. The first kappa shape index (κ1) is 17.2. The van der Waals surface area contributed by atoms with Gasteiger partial charge in [-0.05, 0) is 30.5 Å². The van der Waals surface area contributed by atoms with Crippen LogP contribution in [0.4, 0.5) is 4.39 Å². The van der Waals surface area contributed by atoms with Gasteiger partial charge in [-0.2, -0.15) is 0 Å². The number of ether oxygens (including phenoxy) is 1. The zero-order valence-corrected chi connectivity index (χ0v) is 14.8. The van der Waals surface area contributed by atoms with Gasteiger partial charge in [-0.3, -0.25) is 9.69 Å². The zero-order valence-electron chi connectivity index (χ0n) is 14.8. The summed E-state index contributed by atoms with van der Waals surface area (Å²) >= 11 is 0. The number of carbonyl (C=O) groups excluding carboxylic acids is 1. The molecular weight excluding hydrogens is 335 g/mol. The molecule has 26 heavy (non-hydrogen) atoms. The zero-order chi connectivity index (χ0) is 18.1. The lowest BCUT2D eigenvalue weighted by molar-refractivity contribution is -0.0211. The molecule has 3 atom stereocenters. The van der Waals surface area contributed by atoms with Crippen molar-refractivity contribution in [2.45, 2.75) is 37.6 Å². The van der Waals surface area contributed by atoms with E-state index < -0.39 is 0 Å². The van der Waals surface area contributed by atoms with Gasteiger partial charge < -0.3 is 14.6 Å². The molecule has 138 valence electrons. The van der Waals surface area contributed by atoms with Crippen LogP contribution in [0.2, 0.25) is 0 Å². The minimum absolute atomic E-state index is 0.0200. The molecule has 1 amide bonds. The Bertz CT molecular complexity index is 776. The van der Waals surface area contributed by atoms with E-state index >= 15 is 0 Å². The third-order valence-corrected chi connectivity index (χ3v) is 5.27. The maximum Gasteiger partial charge on any atom is 0.287 e. The fourth-order valence-corrected chi connectivity index (χ4v) is 4.01. The predicted molar refractivity (Wildman–Crippen MR) is 94.0 cm³/mol. The van der Waals surface area contributed by atoms with Crippen molar-refractivity contribution in [3.8, 4) is 0 Å². The van der Waals surface area contributed by atoms with Crippen molar-refractivity contribution >= 4 is 5.91 Å². The van der Waals surface area contributed by atoms with Crippen molar-refractivity contribution in [3.63, 3.8) is 0 Å². The number of aryl methyl sites for hydroxylation is 1. The number of hydrogen-bond donors (Lipinski definition) is 1. The summed E-state index contributed by atoms with van der Waals surface area (Å²) in [5, 5.41) is 3.10. The largest absolute Gasteiger partial charge is 0.374 e. The van der Waals surface area contributed by atoms with Crippen molar-refractivity contribution in [2.24, 2.45) is 7.05 Å². The number of hydrogen-bond acceptors (Lipinski definition) is 4. The van der Waals surface area contributed by atoms with Crippen LogP contribution in [0.15, 0.2) is 36.7 Å². The highest BCUT2D eigenvalue weighted by Gasteiger charge is 2.44. The lowest BCUT2D eigenvalue weighted by atomic mass is 10.0. The van der Waals surface area contributed by atoms with E-state index in [0.717, 1.165) is 31.6 Å². The number of nitrogens with zero attached hydrogens (tertiary/aromatic N) is 3. The molecule has 7 heteroatoms. The first-order chi connectivity index (χ1) is 12.6. The third-order valence-electron chi connectivity index (χ3n) is 5.27. The molecule has 2 aromatic rings. The average Bonchev–Trinajstić information content (AvgIpc) is 3.22. The topological polar surface area (TPSA) is 59.4 Å². The van der Waals surface area contributed by atoms with E-state index in [9.17, 15) is 9.18 Å². The Morgan fingerprint density at radius 3 is 2.92 bits per heavy atom. The van der Waals surface area contributed by atoms with E-state index in [2.05, 4.69) is 15.2 Å². The van der Waals surface area contributed by atoms with Crippen molar-refractivity contribution in [3.05, 3.63) is 53.9 Å². The van der Waals surface area contributed by atoms with Crippen molar-refractivity contribution in [2.75, 3.05) is 13.2 Å². The summed E-state index contributed by atoms with van der Waals surface area (Å²) in [5.41, 5.74) is 1.06. The summed E-state index contributed by atoms with van der Waals surface area (Å²) in [5.74, 6) is -0.0114. The Morgan fingerprint density at radius 2 is 2.19 bits per heavy atom. The monoisotopic (exact) mass is 358 g/mol. The summed E-state index contributed by atoms with van der Waals surface area (Å²) in [6.45, 7) is 2.16. The molecule has 2 aliphatic heterocycles. The minimum Gasteiger partial charge on any atom is -0.374 e. The van der Waals surface area contributed by atoms with Crippen LogP contribution < -0.4 is 5.32 Å². The molecule has 0 saturated carbocycles. The van der Waals surface area contributed by atoms with E-state index in [1.807, 2.05) is 12.1 Å². The summed E-state index contributed by atoms with van der Waals surface area (Å²) in [6, 6.07) is 6.79. The fourth-order valence-electron chi connectivity index (χ4n) is 4.01. The van der Waals surface area contributed by atoms with Crippen LogP contribution in [-0.4, -0.2) is 51.7 Å². The second-order valence-electron chi connectivity index (χ2n) is 7.04. The van der Waals surface area contributed by atoms with Gasteiger partial charge in [0.25, 0.3) is 5.91 Å². The van der Waals surface area contributed by atoms with Crippen molar-refractivity contribution < 1.29 is 13.9 Å². The number of imidazole rings is 1. The number of nitrogens with one attached hydrogen (secondary N) is 1. The molecule has 0 aliphatic carbocycles. The van der Waals surface area contributed by atoms with Crippen LogP contribution in [0.5, 0.6) is 0 Å². The van der Waals surface area contributed by atoms with Crippen LogP contribution in [0.3, 0.4) is 0 Å². The molecule has 0 spiro atoms. The van der Waals surface area contributed by atoms with Gasteiger partial charge in [0.05, 0.1) is 12.1 Å². The van der Waals surface area contributed by atoms with E-state index in [0.29, 0.717) is 12.4 Å². The number of benzene rings is 1. The quantitative estimate of drug-likeness (QED) is 0.904. The minimum atomic E-state index is -0.228. The van der Waals surface area contributed by atoms with E-state index in [4.69, 9.17) is 4.74 Å². The number of halogens is 1. The molecule has 2 fully saturated rings. The van der Waals surface area contributed by atoms with Gasteiger partial charge in [-0.25, -0.2) is 9.37 Å². The van der Waals surface area contributed by atoms with Crippen LogP contribution >= 0.6 is 0 Å². The summed E-state index contributed by atoms with van der Waals surface area (Å²) in [6.07, 6.45) is 5.41. The normalized spacial score (nSPS) is 25.8. The lowest BCUT2D eigenvalue weighted by Crippen LogP contribution is -2.48. The SMILES string of the molecule is Cn1ccnc1C(=O)N[C@@H]1CN(Cc2ccc(F)cc2)[C@@H]2CCCO[C@@H]21. The smallest absolute Gasteiger partial charge is 0.287 e. The van der Waals surface area contributed by atoms with Crippen LogP contribution in [-0.2, 0) is 18.3 Å². The number of aromatic nitrogens is 2. The molecule has 3 heterocycles. The first-order valence-corrected chi connectivity index (χ1v) is 9.00. The highest BCUT2D eigenvalue weighted by molar-refractivity contribution is 5.91. The van der Waals surface area contributed by atoms with Crippen molar-refractivity contribution in [1.82, 2.24) is 19.8 Å². The molecule has 1 aromatic heterocycles. The molecule has 1 N–H and O–H groups in total. The maximum absolute atomic E-state index is 13.2. The molecule has 0 unspecified atom stereocenters. The van der Waals surface area contributed by atoms with E-state index in [1.165, 1.54) is 12.1 Å². The van der Waals surface area contributed by atoms with Crippen LogP contribution in [0.1, 0.15) is 29.0 Å². The highest BCUT2D eigenvalue weighted by atomic mass is 19.1. The molecule has 2 saturated heterocycles. The molecule has 0 radical (unpaired) electrons. The molecule has 4 rings (SSSR count). The van der Waals surface area contributed by atoms with Crippen LogP contribution in [0.25, 0.3) is 0 Å². The Balaban J connectivity index is 1.48. The first-order valence-electron chi connectivity index (χ1n) is 9.00. The van der Waals surface area contributed by atoms with Gasteiger partial charge >= 0.3 is 0 Å². The second kappa shape index (κ2) is 7.17. The number of carbonyl (C=O) groups is 1. The predicted octanol–water partition coefficient (Wildman–Crippen LogP) is 1.72. The summed E-state index contributed by atoms with van der Waals surface area (Å²) < 4.78 is 20.9. The number of amides is 1. The fraction of sp³-hybridized carbons (Fsp3) is 0.474. The summed E-state index contributed by atoms with van der Waals surface area (Å²) in [7, 11) is 1.80. The van der Waals surface area contributed by atoms with Gasteiger partial charge in [0.15, 0.2) is 5.82 Å². The van der Waals surface area contributed by atoms with Crippen molar-refractivity contribution in [1.29, 1.82) is 0 Å². The van der Waals surface area contributed by atoms with Gasteiger partial charge in [-0.15, -0.1) is 0 Å². The van der Waals surface area contributed by atoms with E-state index in [1.54, 1.807) is 24.0 Å². The number of likely N-dealkylation sites (tertiary alicyclic amines) is 1. The summed E-state index contributed by atoms with van der Waals surface area (Å²) in [4.78, 5) is 19.0. The number of rotatable bonds is 4. The van der Waals surface area contributed by atoms with Gasteiger partial charge in [0.2, 0.25) is 0 Å². The molecule has 1 aromatic carbocycles. The molecule has 0 bridgehead atoms. The Kier molecular flexibility index (Phi) is 4.74. The standard InChI is InChI=1S/C19H23FN4O2/c1-23-9-8-21-18(23)19(25)22-15-12-24(16-3-2-10-26-17(15)16)11-13-4-6-14(20)7-5-13/h4-9,15-17H,2-3,10-12H2,1H3,(H,22,25)/t15-,16-,17-/m1/s1. The van der Waals surface area contributed by atoms with Gasteiger partial charge in [0, 0.05) is 45.2 Å². The highest BCUT2D eigenvalue weighted by Crippen LogP contribution is 2.30. The Labute approximate surface area is 152 Å². The second-order valence-corrected chi connectivity index (χ2v) is 7.04. The molecule has 6 nitrogen and oxygen atoms in total. The van der Waals surface area contributed by atoms with Gasteiger partial charge in [0.1, 0.15) is 5.82 Å². The van der Waals surface area contributed by atoms with Gasteiger partial charge in [-0.1, -0.05) is 12.1 Å². The third kappa shape index (κ3) is 3.37. The lowest BCUT2D eigenvalue weighted by Gasteiger charge is -2.32. The molecular formula is C19H23FN4O2. The van der Waals surface area contributed by atoms with E-state index in [-0.39, 0.29) is 29.9 Å². The number of fused-ring (bicyclic) bond motifs is 1. The molecule has 2 aliphatic rings. The Hall–Kier alpha value is -2.25. The van der Waals surface area contributed by atoms with Crippen LogP contribution in [0, 0.1) is 5.82 Å². The Morgan fingerprint density at radius 1 is 1.38 bits per heavy atom. The maximum atomic E-state index is 13.2.